The first-order chi connectivity index (χ1) is 22.9. The SMILES string of the molecule is CC(C)C[C@H](NC(=O)[C@H](NC(=O)[C@@H]1CSCN1C(=O)[C@@H](CC(=O)OC(C)(C)C)NC(=O)[C@H](N)Cc1c[nH]c2ccccc12)C(C)C)C(=O)O. The van der Waals surface area contributed by atoms with Crippen molar-refractivity contribution in [2.75, 3.05) is 11.6 Å². The van der Waals surface area contributed by atoms with Gasteiger partial charge in [-0.3, -0.25) is 24.0 Å². The molecule has 1 saturated heterocycles. The van der Waals surface area contributed by atoms with Crippen LogP contribution in [0.15, 0.2) is 30.5 Å². The van der Waals surface area contributed by atoms with Crippen LogP contribution in [0.4, 0.5) is 0 Å². The number of carboxylic acid groups (broad SMARTS) is 1. The second-order valence-corrected chi connectivity index (χ2v) is 15.1. The van der Waals surface area contributed by atoms with Gasteiger partial charge in [0.15, 0.2) is 0 Å². The Morgan fingerprint density at radius 2 is 1.67 bits per heavy atom. The van der Waals surface area contributed by atoms with Crippen LogP contribution in [0, 0.1) is 11.8 Å². The molecule has 1 fully saturated rings. The zero-order chi connectivity index (χ0) is 36.6. The van der Waals surface area contributed by atoms with E-state index < -0.39 is 83.7 Å². The number of nitrogens with two attached hydrogens (primary N) is 1. The van der Waals surface area contributed by atoms with Crippen molar-refractivity contribution in [3.8, 4) is 0 Å². The normalized spacial score (nSPS) is 17.3. The molecule has 4 amide bonds. The average molecular weight is 703 g/mol. The van der Waals surface area contributed by atoms with Crippen LogP contribution in [0.5, 0.6) is 0 Å². The summed E-state index contributed by atoms with van der Waals surface area (Å²) in [5, 5.41) is 18.4. The first kappa shape index (κ1) is 39.3. The van der Waals surface area contributed by atoms with Gasteiger partial charge in [-0.25, -0.2) is 4.79 Å². The number of carbonyl (C=O) groups is 6. The van der Waals surface area contributed by atoms with Crippen molar-refractivity contribution in [2.45, 2.75) is 104 Å². The number of benzene rings is 1. The standard InChI is InChI=1S/C34H50N6O8S/c1-18(2)12-25(33(46)47)38-31(44)28(19(3)4)39-30(43)26-16-49-17-40(26)32(45)24(14-27(41)48-34(5,6)7)37-29(42)22(35)13-20-15-36-23-11-9-8-10-21(20)23/h8-11,15,18-19,22,24-26,28,36H,12-14,16-17,35H2,1-7H3,(H,37,42)(H,38,44)(H,39,43)(H,46,47)/t22-,24-,25+,26+,28-/m1/s1. The van der Waals surface area contributed by atoms with Gasteiger partial charge >= 0.3 is 11.9 Å². The molecule has 14 nitrogen and oxygen atoms in total. The molecule has 15 heteroatoms. The summed E-state index contributed by atoms with van der Waals surface area (Å²) in [5.41, 5.74) is 7.13. The van der Waals surface area contributed by atoms with Crippen LogP contribution >= 0.6 is 11.8 Å². The highest BCUT2D eigenvalue weighted by molar-refractivity contribution is 7.99. The number of esters is 1. The van der Waals surface area contributed by atoms with Crippen molar-refractivity contribution in [3.05, 3.63) is 36.0 Å². The van der Waals surface area contributed by atoms with Crippen molar-refractivity contribution in [1.29, 1.82) is 0 Å². The third-order valence-corrected chi connectivity index (χ3v) is 8.91. The summed E-state index contributed by atoms with van der Waals surface area (Å²) in [7, 11) is 0. The number of aromatic nitrogens is 1. The van der Waals surface area contributed by atoms with Gasteiger partial charge in [-0.05, 0) is 57.1 Å². The first-order valence-electron chi connectivity index (χ1n) is 16.4. The van der Waals surface area contributed by atoms with Crippen LogP contribution in [0.1, 0.15) is 66.9 Å². The Kier molecular flexibility index (Phi) is 13.7. The summed E-state index contributed by atoms with van der Waals surface area (Å²) < 4.78 is 5.44. The van der Waals surface area contributed by atoms with Crippen LogP contribution < -0.4 is 21.7 Å². The van der Waals surface area contributed by atoms with Crippen LogP contribution in [0.3, 0.4) is 0 Å². The smallest absolute Gasteiger partial charge is 0.326 e. The lowest BCUT2D eigenvalue weighted by atomic mass is 10.00. The lowest BCUT2D eigenvalue weighted by Gasteiger charge is -2.31. The van der Waals surface area contributed by atoms with Gasteiger partial charge in [-0.15, -0.1) is 11.8 Å². The number of nitrogens with one attached hydrogen (secondary N) is 4. The second-order valence-electron chi connectivity index (χ2n) is 14.1. The van der Waals surface area contributed by atoms with E-state index in [4.69, 9.17) is 10.5 Å². The number of carbonyl (C=O) groups excluding carboxylic acids is 5. The van der Waals surface area contributed by atoms with Crippen LogP contribution in [0.25, 0.3) is 10.9 Å². The molecule has 5 atom stereocenters. The molecule has 0 bridgehead atoms. The van der Waals surface area contributed by atoms with E-state index in [-0.39, 0.29) is 30.4 Å². The zero-order valence-electron chi connectivity index (χ0n) is 29.2. The predicted octanol–water partition coefficient (Wildman–Crippen LogP) is 1.91. The number of para-hydroxylation sites is 1. The molecular formula is C34H50N6O8S. The molecule has 1 aliphatic heterocycles. The molecule has 49 heavy (non-hydrogen) atoms. The molecule has 270 valence electrons. The highest BCUT2D eigenvalue weighted by Crippen LogP contribution is 2.24. The molecular weight excluding hydrogens is 652 g/mol. The van der Waals surface area contributed by atoms with Crippen molar-refractivity contribution in [1.82, 2.24) is 25.8 Å². The summed E-state index contributed by atoms with van der Waals surface area (Å²) >= 11 is 1.30. The lowest BCUT2D eigenvalue weighted by molar-refractivity contribution is -0.157. The largest absolute Gasteiger partial charge is 0.480 e. The third-order valence-electron chi connectivity index (χ3n) is 7.89. The number of amides is 4. The summed E-state index contributed by atoms with van der Waals surface area (Å²) in [6, 6.07) is 1.86. The maximum Gasteiger partial charge on any atom is 0.326 e. The minimum absolute atomic E-state index is 0.000709. The molecule has 3 rings (SSSR count). The number of hydrogen-bond acceptors (Lipinski definition) is 9. The van der Waals surface area contributed by atoms with Gasteiger partial charge in [0, 0.05) is 22.9 Å². The number of aliphatic carboxylic acids is 1. The van der Waals surface area contributed by atoms with E-state index in [1.165, 1.54) is 16.7 Å². The van der Waals surface area contributed by atoms with Crippen molar-refractivity contribution >= 4 is 58.2 Å². The van der Waals surface area contributed by atoms with Gasteiger partial charge in [0.25, 0.3) is 0 Å². The summed E-state index contributed by atoms with van der Waals surface area (Å²) in [6.45, 7) is 12.1. The Morgan fingerprint density at radius 1 is 1.02 bits per heavy atom. The highest BCUT2D eigenvalue weighted by Gasteiger charge is 2.41. The summed E-state index contributed by atoms with van der Waals surface area (Å²) in [4.78, 5) is 83.2. The van der Waals surface area contributed by atoms with Gasteiger partial charge in [-0.2, -0.15) is 0 Å². The van der Waals surface area contributed by atoms with E-state index in [9.17, 15) is 33.9 Å². The molecule has 0 radical (unpaired) electrons. The molecule has 2 aromatic rings. The Labute approximate surface area is 291 Å². The number of aromatic amines is 1. The molecule has 0 saturated carbocycles. The number of ether oxygens (including phenoxy) is 1. The van der Waals surface area contributed by atoms with E-state index in [1.807, 2.05) is 38.1 Å². The fourth-order valence-electron chi connectivity index (χ4n) is 5.47. The maximum atomic E-state index is 14.0. The quantitative estimate of drug-likeness (QED) is 0.148. The Balaban J connectivity index is 1.78. The van der Waals surface area contributed by atoms with Crippen molar-refractivity contribution < 1.29 is 38.6 Å². The van der Waals surface area contributed by atoms with E-state index in [1.54, 1.807) is 40.8 Å². The summed E-state index contributed by atoms with van der Waals surface area (Å²) in [6.07, 6.45) is 1.63. The number of nitrogens with zero attached hydrogens (tertiary/aromatic N) is 1. The lowest BCUT2D eigenvalue weighted by Crippen LogP contribution is -2.60. The van der Waals surface area contributed by atoms with Crippen molar-refractivity contribution in [2.24, 2.45) is 17.6 Å². The predicted molar refractivity (Wildman–Crippen MR) is 186 cm³/mol. The fourth-order valence-corrected chi connectivity index (χ4v) is 6.64. The molecule has 7 N–H and O–H groups in total. The van der Waals surface area contributed by atoms with E-state index in [2.05, 4.69) is 20.9 Å². The molecule has 0 spiro atoms. The number of hydrogen-bond donors (Lipinski definition) is 6. The van der Waals surface area contributed by atoms with Crippen molar-refractivity contribution in [3.63, 3.8) is 0 Å². The Hall–Kier alpha value is -4.11. The molecule has 0 aliphatic carbocycles. The number of fused-ring (bicyclic) bond motifs is 1. The summed E-state index contributed by atoms with van der Waals surface area (Å²) in [5.74, 6) is -4.65. The first-order valence-corrected chi connectivity index (χ1v) is 17.6. The average Bonchev–Trinajstić information content (AvgIpc) is 3.65. The number of rotatable bonds is 15. The van der Waals surface area contributed by atoms with Gasteiger partial charge in [0.1, 0.15) is 29.8 Å². The minimum atomic E-state index is -1.39. The third kappa shape index (κ3) is 11.2. The Bertz CT molecular complexity index is 1520. The van der Waals surface area contributed by atoms with Crippen LogP contribution in [-0.2, 0) is 39.9 Å². The Morgan fingerprint density at radius 3 is 2.29 bits per heavy atom. The number of H-pyrrole nitrogens is 1. The van der Waals surface area contributed by atoms with E-state index >= 15 is 0 Å². The van der Waals surface area contributed by atoms with E-state index in [0.29, 0.717) is 0 Å². The maximum absolute atomic E-state index is 14.0. The zero-order valence-corrected chi connectivity index (χ0v) is 30.0. The van der Waals surface area contributed by atoms with Gasteiger partial charge < -0.3 is 41.4 Å². The second kappa shape index (κ2) is 17.0. The van der Waals surface area contributed by atoms with Gasteiger partial charge in [0.05, 0.1) is 18.3 Å². The fraction of sp³-hybridized carbons (Fsp3) is 0.588. The highest BCUT2D eigenvalue weighted by atomic mass is 32.2. The van der Waals surface area contributed by atoms with Gasteiger partial charge in [-0.1, -0.05) is 45.9 Å². The van der Waals surface area contributed by atoms with Crippen LogP contribution in [0.2, 0.25) is 0 Å². The van der Waals surface area contributed by atoms with Gasteiger partial charge in [0.2, 0.25) is 23.6 Å². The molecule has 1 aromatic heterocycles. The van der Waals surface area contributed by atoms with E-state index in [0.717, 1.165) is 16.5 Å². The molecule has 1 aliphatic rings. The minimum Gasteiger partial charge on any atom is -0.480 e. The topological polar surface area (TPSA) is 213 Å². The van der Waals surface area contributed by atoms with Crippen LogP contribution in [-0.4, -0.2) is 98.0 Å². The molecule has 0 unspecified atom stereocenters. The molecule has 1 aromatic carbocycles. The monoisotopic (exact) mass is 702 g/mol. The number of carboxylic acids is 1. The number of thioether (sulfide) groups is 1. The molecule has 2 heterocycles.